The maximum Gasteiger partial charge on any atom is 0.0328 e. The Morgan fingerprint density at radius 2 is 2.12 bits per heavy atom. The number of hydrogen-bond donors (Lipinski definition) is 1. The molecule has 0 aliphatic carbocycles. The largest absolute Gasteiger partial charge is 0.311 e. The fourth-order valence-electron chi connectivity index (χ4n) is 1.65. The molecule has 0 spiro atoms. The molecule has 0 saturated heterocycles. The third-order valence-corrected chi connectivity index (χ3v) is 4.18. The molecule has 0 bridgehead atoms. The minimum absolute atomic E-state index is 0.266. The van der Waals surface area contributed by atoms with Gasteiger partial charge in [0.15, 0.2) is 0 Å². The van der Waals surface area contributed by atoms with Crippen LogP contribution in [0.3, 0.4) is 0 Å². The first-order valence-corrected chi connectivity index (χ1v) is 7.45. The fraction of sp³-hybridized carbons (Fsp3) is 0.714. The van der Waals surface area contributed by atoms with E-state index in [1.165, 1.54) is 11.3 Å². The van der Waals surface area contributed by atoms with Crippen LogP contribution in [0.1, 0.15) is 39.0 Å². The summed E-state index contributed by atoms with van der Waals surface area (Å²) in [6.07, 6.45) is 1.17. The molecule has 0 radical (unpaired) electrons. The lowest BCUT2D eigenvalue weighted by Gasteiger charge is -2.27. The first kappa shape index (κ1) is 14.7. The molecule has 0 aliphatic heterocycles. The molecular formula is C14H26N2S. The van der Waals surface area contributed by atoms with Crippen LogP contribution in [-0.4, -0.2) is 30.1 Å². The molecule has 2 nitrogen and oxygen atoms in total. The van der Waals surface area contributed by atoms with Gasteiger partial charge in [0.2, 0.25) is 0 Å². The highest BCUT2D eigenvalue weighted by molar-refractivity contribution is 7.09. The maximum absolute atomic E-state index is 3.61. The van der Waals surface area contributed by atoms with Gasteiger partial charge in [-0.1, -0.05) is 19.9 Å². The molecule has 0 atom stereocenters. The number of thiophene rings is 1. The van der Waals surface area contributed by atoms with Crippen molar-refractivity contribution in [1.82, 2.24) is 10.2 Å². The number of likely N-dealkylation sites (N-methyl/N-ethyl adjacent to an activating group) is 1. The Kier molecular flexibility index (Phi) is 6.17. The molecule has 1 aromatic heterocycles. The summed E-state index contributed by atoms with van der Waals surface area (Å²) in [7, 11) is 0. The van der Waals surface area contributed by atoms with Crippen LogP contribution in [0.15, 0.2) is 17.5 Å². The van der Waals surface area contributed by atoms with Crippen molar-refractivity contribution in [3.05, 3.63) is 22.4 Å². The van der Waals surface area contributed by atoms with Gasteiger partial charge in [0.25, 0.3) is 0 Å². The van der Waals surface area contributed by atoms with E-state index in [0.717, 1.165) is 26.2 Å². The summed E-state index contributed by atoms with van der Waals surface area (Å²) in [5, 5.41) is 5.77. The van der Waals surface area contributed by atoms with Crippen LogP contribution in [0.5, 0.6) is 0 Å². The van der Waals surface area contributed by atoms with Gasteiger partial charge in [-0.3, -0.25) is 4.90 Å². The first-order chi connectivity index (χ1) is 8.07. The second-order valence-corrected chi connectivity index (χ2v) is 6.14. The molecule has 17 heavy (non-hydrogen) atoms. The second kappa shape index (κ2) is 7.14. The highest BCUT2D eigenvalue weighted by atomic mass is 32.1. The Labute approximate surface area is 110 Å². The molecule has 1 heterocycles. The van der Waals surface area contributed by atoms with Crippen LogP contribution in [0.25, 0.3) is 0 Å². The predicted octanol–water partition coefficient (Wildman–Crippen LogP) is 3.35. The third-order valence-electron chi connectivity index (χ3n) is 3.32. The van der Waals surface area contributed by atoms with Gasteiger partial charge in [-0.25, -0.2) is 0 Å². The van der Waals surface area contributed by atoms with Crippen LogP contribution >= 0.6 is 11.3 Å². The summed E-state index contributed by atoms with van der Waals surface area (Å²) in [5.41, 5.74) is 0.266. The van der Waals surface area contributed by atoms with Crippen LogP contribution in [0.4, 0.5) is 0 Å². The van der Waals surface area contributed by atoms with E-state index in [4.69, 9.17) is 0 Å². The van der Waals surface area contributed by atoms with E-state index in [1.807, 2.05) is 11.3 Å². The van der Waals surface area contributed by atoms with E-state index in [2.05, 4.69) is 55.4 Å². The summed E-state index contributed by atoms with van der Waals surface area (Å²) in [6, 6.07) is 4.35. The van der Waals surface area contributed by atoms with E-state index in [0.29, 0.717) is 0 Å². The lowest BCUT2D eigenvalue weighted by Crippen LogP contribution is -2.43. The Balaban J connectivity index is 2.28. The van der Waals surface area contributed by atoms with Crippen LogP contribution in [0, 0.1) is 0 Å². The van der Waals surface area contributed by atoms with Gasteiger partial charge in [0, 0.05) is 30.1 Å². The van der Waals surface area contributed by atoms with Gasteiger partial charge >= 0.3 is 0 Å². The standard InChI is InChI=1S/C14H26N2S/c1-5-14(3,4)15-9-10-16(6-2)12-13-8-7-11-17-13/h7-8,11,15H,5-6,9-10,12H2,1-4H3. The molecule has 0 aromatic carbocycles. The molecular weight excluding hydrogens is 228 g/mol. The molecule has 0 aliphatic rings. The van der Waals surface area contributed by atoms with Crippen molar-refractivity contribution < 1.29 is 0 Å². The van der Waals surface area contributed by atoms with Crippen molar-refractivity contribution in [2.45, 2.75) is 46.2 Å². The minimum atomic E-state index is 0.266. The Hall–Kier alpha value is -0.380. The second-order valence-electron chi connectivity index (χ2n) is 5.11. The molecule has 1 aromatic rings. The summed E-state index contributed by atoms with van der Waals surface area (Å²) >= 11 is 1.85. The predicted molar refractivity (Wildman–Crippen MR) is 77.6 cm³/mol. The van der Waals surface area contributed by atoms with Crippen molar-refractivity contribution >= 4 is 11.3 Å². The van der Waals surface area contributed by atoms with Crippen LogP contribution in [0.2, 0.25) is 0 Å². The molecule has 1 N–H and O–H groups in total. The SMILES string of the molecule is CCN(CCNC(C)(C)CC)Cc1cccs1. The quantitative estimate of drug-likeness (QED) is 0.765. The van der Waals surface area contributed by atoms with Gasteiger partial charge in [-0.05, 0) is 38.3 Å². The normalized spacial score (nSPS) is 12.3. The van der Waals surface area contributed by atoms with Crippen molar-refractivity contribution in [2.24, 2.45) is 0 Å². The maximum atomic E-state index is 3.61. The molecule has 1 rings (SSSR count). The summed E-state index contributed by atoms with van der Waals surface area (Å²) < 4.78 is 0. The number of rotatable bonds is 8. The Bertz CT molecular complexity index is 293. The molecule has 98 valence electrons. The monoisotopic (exact) mass is 254 g/mol. The molecule has 0 unspecified atom stereocenters. The van der Waals surface area contributed by atoms with Gasteiger partial charge in [0.1, 0.15) is 0 Å². The lowest BCUT2D eigenvalue weighted by atomic mass is 10.0. The van der Waals surface area contributed by atoms with Crippen molar-refractivity contribution in [3.8, 4) is 0 Å². The topological polar surface area (TPSA) is 15.3 Å². The van der Waals surface area contributed by atoms with Gasteiger partial charge in [0.05, 0.1) is 0 Å². The zero-order valence-electron chi connectivity index (χ0n) is 11.6. The lowest BCUT2D eigenvalue weighted by molar-refractivity contribution is 0.262. The molecule has 0 fully saturated rings. The summed E-state index contributed by atoms with van der Waals surface area (Å²) in [5.74, 6) is 0. The highest BCUT2D eigenvalue weighted by Gasteiger charge is 2.13. The fourth-order valence-corrected chi connectivity index (χ4v) is 2.40. The summed E-state index contributed by atoms with van der Waals surface area (Å²) in [6.45, 7) is 13.4. The van der Waals surface area contributed by atoms with Gasteiger partial charge in [-0.2, -0.15) is 0 Å². The Morgan fingerprint density at radius 1 is 1.35 bits per heavy atom. The van der Waals surface area contributed by atoms with E-state index < -0.39 is 0 Å². The zero-order valence-corrected chi connectivity index (χ0v) is 12.4. The zero-order chi connectivity index (χ0) is 12.7. The number of hydrogen-bond acceptors (Lipinski definition) is 3. The average Bonchev–Trinajstić information content (AvgIpc) is 2.80. The van der Waals surface area contributed by atoms with Crippen molar-refractivity contribution in [2.75, 3.05) is 19.6 Å². The van der Waals surface area contributed by atoms with Gasteiger partial charge in [-0.15, -0.1) is 11.3 Å². The minimum Gasteiger partial charge on any atom is -0.311 e. The molecule has 3 heteroatoms. The van der Waals surface area contributed by atoms with E-state index in [9.17, 15) is 0 Å². The van der Waals surface area contributed by atoms with Crippen molar-refractivity contribution in [1.29, 1.82) is 0 Å². The van der Waals surface area contributed by atoms with Crippen LogP contribution < -0.4 is 5.32 Å². The molecule has 0 saturated carbocycles. The van der Waals surface area contributed by atoms with Gasteiger partial charge < -0.3 is 5.32 Å². The summed E-state index contributed by atoms with van der Waals surface area (Å²) in [4.78, 5) is 3.95. The van der Waals surface area contributed by atoms with Crippen molar-refractivity contribution in [3.63, 3.8) is 0 Å². The average molecular weight is 254 g/mol. The first-order valence-electron chi connectivity index (χ1n) is 6.57. The number of nitrogens with zero attached hydrogens (tertiary/aromatic N) is 1. The van der Waals surface area contributed by atoms with E-state index in [1.54, 1.807) is 0 Å². The molecule has 0 amide bonds. The highest BCUT2D eigenvalue weighted by Crippen LogP contribution is 2.11. The Morgan fingerprint density at radius 3 is 2.65 bits per heavy atom. The smallest absolute Gasteiger partial charge is 0.0328 e. The van der Waals surface area contributed by atoms with E-state index >= 15 is 0 Å². The van der Waals surface area contributed by atoms with Crippen LogP contribution in [-0.2, 0) is 6.54 Å². The number of nitrogens with one attached hydrogen (secondary N) is 1. The third kappa shape index (κ3) is 5.66. The van der Waals surface area contributed by atoms with E-state index in [-0.39, 0.29) is 5.54 Å².